The van der Waals surface area contributed by atoms with Crippen LogP contribution in [0.25, 0.3) is 0 Å². The van der Waals surface area contributed by atoms with Crippen molar-refractivity contribution in [2.75, 3.05) is 24.2 Å². The molecule has 0 aliphatic rings. The lowest BCUT2D eigenvalue weighted by Gasteiger charge is -2.23. The van der Waals surface area contributed by atoms with Crippen LogP contribution in [0.5, 0.6) is 0 Å². The Morgan fingerprint density at radius 1 is 1.53 bits per heavy atom. The maximum atomic E-state index is 11.0. The Hall–Kier alpha value is -1.71. The fraction of sp³-hybridized carbons (Fsp3) is 0.462. The molecular formula is C13H20N2O2. The molecule has 1 rings (SSSR count). The van der Waals surface area contributed by atoms with Gasteiger partial charge in [0.25, 0.3) is 0 Å². The van der Waals surface area contributed by atoms with Gasteiger partial charge in [0.2, 0.25) is 0 Å². The third-order valence-electron chi connectivity index (χ3n) is 2.99. The number of hydrogen-bond donors (Lipinski definition) is 2. The summed E-state index contributed by atoms with van der Waals surface area (Å²) in [5, 5.41) is 9.00. The maximum Gasteiger partial charge on any atom is 0.337 e. The van der Waals surface area contributed by atoms with Crippen LogP contribution < -0.4 is 10.6 Å². The van der Waals surface area contributed by atoms with Gasteiger partial charge in [0.15, 0.2) is 0 Å². The molecule has 0 fully saturated rings. The third-order valence-corrected chi connectivity index (χ3v) is 2.99. The van der Waals surface area contributed by atoms with Gasteiger partial charge in [0, 0.05) is 25.0 Å². The molecule has 0 bridgehead atoms. The van der Waals surface area contributed by atoms with Crippen LogP contribution in [0.2, 0.25) is 0 Å². The van der Waals surface area contributed by atoms with Crippen molar-refractivity contribution in [3.63, 3.8) is 0 Å². The van der Waals surface area contributed by atoms with E-state index < -0.39 is 5.97 Å². The van der Waals surface area contributed by atoms with Gasteiger partial charge in [-0.15, -0.1) is 0 Å². The van der Waals surface area contributed by atoms with E-state index in [9.17, 15) is 4.79 Å². The average molecular weight is 236 g/mol. The summed E-state index contributed by atoms with van der Waals surface area (Å²) >= 11 is 0. The van der Waals surface area contributed by atoms with Gasteiger partial charge in [-0.1, -0.05) is 20.3 Å². The minimum absolute atomic E-state index is 0.165. The number of benzene rings is 1. The smallest absolute Gasteiger partial charge is 0.337 e. The number of carbonyl (C=O) groups is 1. The Kier molecular flexibility index (Phi) is 4.37. The average Bonchev–Trinajstić information content (AvgIpc) is 2.28. The first-order valence-electron chi connectivity index (χ1n) is 5.79. The van der Waals surface area contributed by atoms with Crippen molar-refractivity contribution in [1.82, 2.24) is 0 Å². The lowest BCUT2D eigenvalue weighted by molar-refractivity contribution is 0.0698. The number of anilines is 2. The van der Waals surface area contributed by atoms with Crippen LogP contribution in [-0.4, -0.2) is 24.7 Å². The van der Waals surface area contributed by atoms with Crippen molar-refractivity contribution in [2.24, 2.45) is 5.92 Å². The first-order valence-corrected chi connectivity index (χ1v) is 5.79. The molecule has 94 valence electrons. The van der Waals surface area contributed by atoms with Gasteiger partial charge in [-0.3, -0.25) is 0 Å². The number of carboxylic acids is 1. The highest BCUT2D eigenvalue weighted by Crippen LogP contribution is 2.21. The number of nitrogens with two attached hydrogens (primary N) is 1. The van der Waals surface area contributed by atoms with Crippen molar-refractivity contribution >= 4 is 17.3 Å². The second-order valence-corrected chi connectivity index (χ2v) is 4.47. The minimum atomic E-state index is -0.985. The summed E-state index contributed by atoms with van der Waals surface area (Å²) in [6, 6.07) is 5.12. The number of nitrogens with zero attached hydrogens (tertiary/aromatic N) is 1. The van der Waals surface area contributed by atoms with Crippen molar-refractivity contribution in [3.8, 4) is 0 Å². The van der Waals surface area contributed by atoms with Crippen LogP contribution >= 0.6 is 0 Å². The van der Waals surface area contributed by atoms with E-state index in [1.165, 1.54) is 0 Å². The highest BCUT2D eigenvalue weighted by atomic mass is 16.4. The van der Waals surface area contributed by atoms with Crippen LogP contribution in [0.4, 0.5) is 11.4 Å². The fourth-order valence-corrected chi connectivity index (χ4v) is 1.67. The van der Waals surface area contributed by atoms with Gasteiger partial charge < -0.3 is 15.7 Å². The monoisotopic (exact) mass is 236 g/mol. The largest absolute Gasteiger partial charge is 0.478 e. The second-order valence-electron chi connectivity index (χ2n) is 4.47. The molecule has 0 radical (unpaired) electrons. The zero-order valence-electron chi connectivity index (χ0n) is 10.6. The third kappa shape index (κ3) is 3.37. The predicted molar refractivity (Wildman–Crippen MR) is 70.5 cm³/mol. The summed E-state index contributed by atoms with van der Waals surface area (Å²) in [6.07, 6.45) is 1.10. The summed E-state index contributed by atoms with van der Waals surface area (Å²) in [7, 11) is 1.96. The molecule has 17 heavy (non-hydrogen) atoms. The summed E-state index contributed by atoms with van der Waals surface area (Å²) < 4.78 is 0. The molecule has 0 aliphatic heterocycles. The lowest BCUT2D eigenvalue weighted by Crippen LogP contribution is -2.23. The van der Waals surface area contributed by atoms with Gasteiger partial charge in [-0.25, -0.2) is 4.79 Å². The molecular weight excluding hydrogens is 216 g/mol. The quantitative estimate of drug-likeness (QED) is 0.771. The highest BCUT2D eigenvalue weighted by Gasteiger charge is 2.11. The van der Waals surface area contributed by atoms with Crippen molar-refractivity contribution in [1.29, 1.82) is 0 Å². The molecule has 1 atom stereocenters. The van der Waals surface area contributed by atoms with E-state index in [4.69, 9.17) is 10.8 Å². The van der Waals surface area contributed by atoms with Gasteiger partial charge in [0.05, 0.1) is 5.56 Å². The molecule has 0 heterocycles. The van der Waals surface area contributed by atoms with E-state index in [2.05, 4.69) is 18.7 Å². The van der Waals surface area contributed by atoms with Crippen molar-refractivity contribution < 1.29 is 9.90 Å². The Bertz CT molecular complexity index is 404. The van der Waals surface area contributed by atoms with E-state index in [-0.39, 0.29) is 5.56 Å². The van der Waals surface area contributed by atoms with Crippen LogP contribution in [0.15, 0.2) is 18.2 Å². The van der Waals surface area contributed by atoms with Crippen LogP contribution in [0, 0.1) is 5.92 Å². The highest BCUT2D eigenvalue weighted by molar-refractivity contribution is 5.94. The Morgan fingerprint density at radius 3 is 2.71 bits per heavy atom. The van der Waals surface area contributed by atoms with Gasteiger partial charge in [-0.05, 0) is 24.1 Å². The molecule has 1 aromatic carbocycles. The Balaban J connectivity index is 2.91. The molecule has 0 aromatic heterocycles. The van der Waals surface area contributed by atoms with Gasteiger partial charge in [-0.2, -0.15) is 0 Å². The number of aromatic carboxylic acids is 1. The zero-order chi connectivity index (χ0) is 13.0. The van der Waals surface area contributed by atoms with E-state index in [0.717, 1.165) is 18.7 Å². The van der Waals surface area contributed by atoms with E-state index in [0.29, 0.717) is 11.6 Å². The molecule has 4 heteroatoms. The van der Waals surface area contributed by atoms with E-state index in [1.54, 1.807) is 12.1 Å². The van der Waals surface area contributed by atoms with Crippen LogP contribution in [0.1, 0.15) is 30.6 Å². The SMILES string of the molecule is CCC(C)CN(C)c1ccc(N)c(C(=O)O)c1. The van der Waals surface area contributed by atoms with E-state index in [1.807, 2.05) is 13.1 Å². The first kappa shape index (κ1) is 13.4. The predicted octanol–water partition coefficient (Wildman–Crippen LogP) is 2.45. The fourth-order valence-electron chi connectivity index (χ4n) is 1.67. The molecule has 0 saturated carbocycles. The molecule has 0 aliphatic carbocycles. The van der Waals surface area contributed by atoms with E-state index >= 15 is 0 Å². The zero-order valence-corrected chi connectivity index (χ0v) is 10.6. The topological polar surface area (TPSA) is 66.6 Å². The molecule has 4 nitrogen and oxygen atoms in total. The Labute approximate surface area is 102 Å². The second kappa shape index (κ2) is 5.57. The van der Waals surface area contributed by atoms with Crippen LogP contribution in [0.3, 0.4) is 0 Å². The summed E-state index contributed by atoms with van der Waals surface area (Å²) in [5.74, 6) is -0.410. The van der Waals surface area contributed by atoms with Gasteiger partial charge in [0.1, 0.15) is 0 Å². The first-order chi connectivity index (χ1) is 7.95. The van der Waals surface area contributed by atoms with Crippen LogP contribution in [-0.2, 0) is 0 Å². The number of nitrogen functional groups attached to an aromatic ring is 1. The summed E-state index contributed by atoms with van der Waals surface area (Å²) in [4.78, 5) is 13.0. The molecule has 0 saturated heterocycles. The van der Waals surface area contributed by atoms with Crippen molar-refractivity contribution in [2.45, 2.75) is 20.3 Å². The van der Waals surface area contributed by atoms with Crippen molar-refractivity contribution in [3.05, 3.63) is 23.8 Å². The minimum Gasteiger partial charge on any atom is -0.478 e. The normalized spacial score (nSPS) is 12.2. The maximum absolute atomic E-state index is 11.0. The summed E-state index contributed by atoms with van der Waals surface area (Å²) in [6.45, 7) is 5.22. The molecule has 1 aromatic rings. The van der Waals surface area contributed by atoms with Gasteiger partial charge >= 0.3 is 5.97 Å². The number of rotatable bonds is 5. The molecule has 0 spiro atoms. The lowest BCUT2D eigenvalue weighted by atomic mass is 10.1. The molecule has 3 N–H and O–H groups in total. The number of carboxylic acid groups (broad SMARTS) is 1. The number of hydrogen-bond acceptors (Lipinski definition) is 3. The Morgan fingerprint density at radius 2 is 2.18 bits per heavy atom. The summed E-state index contributed by atoms with van der Waals surface area (Å²) in [5.41, 5.74) is 6.97. The standard InChI is InChI=1S/C13H20N2O2/c1-4-9(2)8-15(3)10-5-6-12(14)11(7-10)13(16)17/h5-7,9H,4,8,14H2,1-3H3,(H,16,17). The molecule has 1 unspecified atom stereocenters. The molecule has 0 amide bonds.